The molecule has 0 radical (unpaired) electrons. The van der Waals surface area contributed by atoms with Crippen molar-refractivity contribution in [3.8, 4) is 5.75 Å². The Hall–Kier alpha value is -2.42. The lowest BCUT2D eigenvalue weighted by Crippen LogP contribution is -2.48. The fourth-order valence-corrected chi connectivity index (χ4v) is 5.33. The van der Waals surface area contributed by atoms with Gasteiger partial charge < -0.3 is 9.30 Å². The van der Waals surface area contributed by atoms with Crippen molar-refractivity contribution in [1.29, 1.82) is 0 Å². The summed E-state index contributed by atoms with van der Waals surface area (Å²) in [5.74, 6) is 1.68. The van der Waals surface area contributed by atoms with Gasteiger partial charge in [-0.1, -0.05) is 12.1 Å². The van der Waals surface area contributed by atoms with E-state index in [4.69, 9.17) is 9.72 Å². The van der Waals surface area contributed by atoms with Gasteiger partial charge in [0, 0.05) is 33.2 Å². The number of ether oxygens (including phenoxy) is 1. The van der Waals surface area contributed by atoms with Crippen LogP contribution in [0.15, 0.2) is 47.4 Å². The number of methoxy groups -OCH3 is 1. The van der Waals surface area contributed by atoms with Crippen molar-refractivity contribution in [2.75, 3.05) is 33.3 Å². The Labute approximate surface area is 171 Å². The fraction of sp³-hybridized carbons (Fsp3) is 0.381. The van der Waals surface area contributed by atoms with Crippen LogP contribution in [0.3, 0.4) is 0 Å². The number of nitrogens with zero attached hydrogens (tertiary/aromatic N) is 4. The van der Waals surface area contributed by atoms with Crippen molar-refractivity contribution in [1.82, 2.24) is 18.8 Å². The van der Waals surface area contributed by atoms with Gasteiger partial charge in [-0.25, -0.2) is 13.4 Å². The molecule has 0 spiro atoms. The van der Waals surface area contributed by atoms with Gasteiger partial charge in [-0.15, -0.1) is 0 Å². The topological polar surface area (TPSA) is 67.7 Å². The van der Waals surface area contributed by atoms with Crippen LogP contribution in [0.1, 0.15) is 11.4 Å². The zero-order chi connectivity index (χ0) is 20.6. The number of imidazole rings is 1. The molecule has 0 amide bonds. The van der Waals surface area contributed by atoms with Crippen molar-refractivity contribution in [2.24, 2.45) is 7.05 Å². The van der Waals surface area contributed by atoms with Gasteiger partial charge in [0.15, 0.2) is 0 Å². The molecule has 4 rings (SSSR count). The lowest BCUT2D eigenvalue weighted by molar-refractivity contribution is 0.177. The molecule has 29 heavy (non-hydrogen) atoms. The van der Waals surface area contributed by atoms with Gasteiger partial charge in [-0.3, -0.25) is 4.90 Å². The Bertz CT molecular complexity index is 1130. The van der Waals surface area contributed by atoms with E-state index in [9.17, 15) is 8.42 Å². The maximum Gasteiger partial charge on any atom is 0.243 e. The minimum absolute atomic E-state index is 0.319. The number of fused-ring (bicyclic) bond motifs is 1. The van der Waals surface area contributed by atoms with E-state index in [-0.39, 0.29) is 0 Å². The standard InChI is InChI=1S/C21H26N4O3S/c1-16-14-17(8-9-20(16)28-3)29(26,27)25-12-10-24(11-13-25)15-21-22-18-6-4-5-7-19(18)23(21)2/h4-9,14H,10-13,15H2,1-3H3. The molecule has 1 aromatic heterocycles. The third-order valence-electron chi connectivity index (χ3n) is 5.58. The van der Waals surface area contributed by atoms with Crippen molar-refractivity contribution < 1.29 is 13.2 Å². The summed E-state index contributed by atoms with van der Waals surface area (Å²) in [5, 5.41) is 0. The van der Waals surface area contributed by atoms with E-state index in [1.807, 2.05) is 32.2 Å². The Kier molecular flexibility index (Phi) is 5.33. The number of sulfonamides is 1. The molecule has 0 saturated carbocycles. The Morgan fingerprint density at radius 3 is 2.45 bits per heavy atom. The average molecular weight is 415 g/mol. The molecular weight excluding hydrogens is 388 g/mol. The number of piperazine rings is 1. The first-order chi connectivity index (χ1) is 13.9. The van der Waals surface area contributed by atoms with E-state index in [0.717, 1.165) is 22.4 Å². The van der Waals surface area contributed by atoms with Gasteiger partial charge in [0.1, 0.15) is 11.6 Å². The first-order valence-corrected chi connectivity index (χ1v) is 11.1. The fourth-order valence-electron chi connectivity index (χ4n) is 3.83. The highest BCUT2D eigenvalue weighted by Gasteiger charge is 2.29. The molecule has 0 atom stereocenters. The van der Waals surface area contributed by atoms with E-state index in [2.05, 4.69) is 15.5 Å². The number of benzene rings is 2. The van der Waals surface area contributed by atoms with E-state index in [1.165, 1.54) is 0 Å². The molecule has 0 unspecified atom stereocenters. The average Bonchev–Trinajstić information content (AvgIpc) is 3.04. The number of aromatic nitrogens is 2. The van der Waals surface area contributed by atoms with Crippen LogP contribution in [0.25, 0.3) is 11.0 Å². The number of hydrogen-bond acceptors (Lipinski definition) is 5. The third kappa shape index (κ3) is 3.75. The number of hydrogen-bond donors (Lipinski definition) is 0. The van der Waals surface area contributed by atoms with Crippen molar-refractivity contribution in [2.45, 2.75) is 18.4 Å². The second-order valence-electron chi connectivity index (χ2n) is 7.39. The van der Waals surface area contributed by atoms with E-state index >= 15 is 0 Å². The van der Waals surface area contributed by atoms with Gasteiger partial charge in [0.2, 0.25) is 10.0 Å². The normalized spacial score (nSPS) is 16.4. The zero-order valence-electron chi connectivity index (χ0n) is 17.0. The molecule has 8 heteroatoms. The summed E-state index contributed by atoms with van der Waals surface area (Å²) >= 11 is 0. The van der Waals surface area contributed by atoms with Crippen LogP contribution in [-0.4, -0.2) is 60.5 Å². The van der Waals surface area contributed by atoms with E-state index in [0.29, 0.717) is 43.4 Å². The van der Waals surface area contributed by atoms with Crippen molar-refractivity contribution >= 4 is 21.1 Å². The molecule has 7 nitrogen and oxygen atoms in total. The first kappa shape index (κ1) is 19.9. The quantitative estimate of drug-likeness (QED) is 0.641. The molecule has 0 bridgehead atoms. The van der Waals surface area contributed by atoms with Crippen LogP contribution in [0.5, 0.6) is 5.75 Å². The molecule has 3 aromatic rings. The van der Waals surface area contributed by atoms with Crippen LogP contribution >= 0.6 is 0 Å². The largest absolute Gasteiger partial charge is 0.496 e. The van der Waals surface area contributed by atoms with Crippen LogP contribution in [-0.2, 0) is 23.6 Å². The summed E-state index contributed by atoms with van der Waals surface area (Å²) in [6.45, 7) is 4.86. The highest BCUT2D eigenvalue weighted by atomic mass is 32.2. The first-order valence-electron chi connectivity index (χ1n) is 9.67. The molecule has 1 aliphatic heterocycles. The van der Waals surface area contributed by atoms with Crippen molar-refractivity contribution in [3.05, 3.63) is 53.9 Å². The summed E-state index contributed by atoms with van der Waals surface area (Å²) in [6, 6.07) is 13.1. The van der Waals surface area contributed by atoms with Gasteiger partial charge in [-0.05, 0) is 42.8 Å². The van der Waals surface area contributed by atoms with Crippen LogP contribution in [0.2, 0.25) is 0 Å². The minimum atomic E-state index is -3.50. The van der Waals surface area contributed by atoms with Gasteiger partial charge in [0.25, 0.3) is 0 Å². The number of rotatable bonds is 5. The second-order valence-corrected chi connectivity index (χ2v) is 9.33. The monoisotopic (exact) mass is 414 g/mol. The van der Waals surface area contributed by atoms with Crippen LogP contribution < -0.4 is 4.74 Å². The zero-order valence-corrected chi connectivity index (χ0v) is 17.8. The lowest BCUT2D eigenvalue weighted by Gasteiger charge is -2.33. The Morgan fingerprint density at radius 1 is 1.07 bits per heavy atom. The number of para-hydroxylation sites is 2. The van der Waals surface area contributed by atoms with Crippen LogP contribution in [0, 0.1) is 6.92 Å². The minimum Gasteiger partial charge on any atom is -0.496 e. The molecule has 1 aliphatic rings. The molecule has 1 saturated heterocycles. The third-order valence-corrected chi connectivity index (χ3v) is 7.47. The highest BCUT2D eigenvalue weighted by molar-refractivity contribution is 7.89. The van der Waals surface area contributed by atoms with Gasteiger partial charge in [-0.2, -0.15) is 4.31 Å². The molecule has 0 aliphatic carbocycles. The SMILES string of the molecule is COc1ccc(S(=O)(=O)N2CCN(Cc3nc4ccccc4n3C)CC2)cc1C. The molecule has 0 N–H and O–H groups in total. The smallest absolute Gasteiger partial charge is 0.243 e. The van der Waals surface area contributed by atoms with Crippen LogP contribution in [0.4, 0.5) is 0 Å². The van der Waals surface area contributed by atoms with Gasteiger partial charge in [0.05, 0.1) is 29.6 Å². The molecular formula is C21H26N4O3S. The molecule has 2 heterocycles. The maximum absolute atomic E-state index is 13.0. The van der Waals surface area contributed by atoms with Crippen molar-refractivity contribution in [3.63, 3.8) is 0 Å². The summed E-state index contributed by atoms with van der Waals surface area (Å²) in [7, 11) is 0.105. The van der Waals surface area contributed by atoms with E-state index < -0.39 is 10.0 Å². The Balaban J connectivity index is 1.44. The predicted molar refractivity (Wildman–Crippen MR) is 112 cm³/mol. The maximum atomic E-state index is 13.0. The van der Waals surface area contributed by atoms with E-state index in [1.54, 1.807) is 29.6 Å². The lowest BCUT2D eigenvalue weighted by atomic mass is 10.2. The van der Waals surface area contributed by atoms with Gasteiger partial charge >= 0.3 is 0 Å². The highest BCUT2D eigenvalue weighted by Crippen LogP contribution is 2.25. The number of aryl methyl sites for hydroxylation is 2. The summed E-state index contributed by atoms with van der Waals surface area (Å²) in [6.07, 6.45) is 0. The molecule has 154 valence electrons. The Morgan fingerprint density at radius 2 is 1.79 bits per heavy atom. The summed E-state index contributed by atoms with van der Waals surface area (Å²) in [4.78, 5) is 7.30. The predicted octanol–water partition coefficient (Wildman–Crippen LogP) is 2.40. The second kappa shape index (κ2) is 7.78. The summed E-state index contributed by atoms with van der Waals surface area (Å²) < 4.78 is 35.0. The molecule has 2 aromatic carbocycles. The molecule has 1 fully saturated rings. The summed E-state index contributed by atoms with van der Waals surface area (Å²) in [5.41, 5.74) is 2.91.